The molecule has 0 saturated carbocycles. The number of amides is 1. The second kappa shape index (κ2) is 13.5. The first-order valence-electron chi connectivity index (χ1n) is 12.6. The molecule has 0 unspecified atom stereocenters. The molecule has 0 bridgehead atoms. The number of aliphatic hydroxyl groups excluding tert-OH is 3. The highest BCUT2D eigenvalue weighted by Gasteiger charge is 2.45. The summed E-state index contributed by atoms with van der Waals surface area (Å²) in [6, 6.07) is 7.51. The van der Waals surface area contributed by atoms with Gasteiger partial charge in [-0.3, -0.25) is 9.59 Å². The Balaban J connectivity index is 1.73. The zero-order valence-electron chi connectivity index (χ0n) is 22.9. The van der Waals surface area contributed by atoms with Gasteiger partial charge in [-0.1, -0.05) is 47.5 Å². The second-order valence-corrected chi connectivity index (χ2v) is 11.3. The largest absolute Gasteiger partial charge is 0.486 e. The van der Waals surface area contributed by atoms with Crippen LogP contribution in [0.15, 0.2) is 30.3 Å². The standard InChI is InChI=1S/C28H35Cl2NO9/c1-14-17(26(36)31-22-24(35)23(34)19(12-32)39-27(22)37-5)11-18(29)25(21(14)30)38-13-16-8-6-7-15(9-16)10-20(33)40-28(2,3)4/h6-9,11,19,22-24,27,32,34-35H,10,12-13H2,1-5H3,(H,31,36)/t19-,22-,23-,24-,27+/m1/s1. The monoisotopic (exact) mass is 599 g/mol. The maximum Gasteiger partial charge on any atom is 0.310 e. The van der Waals surface area contributed by atoms with Crippen molar-refractivity contribution in [2.24, 2.45) is 0 Å². The fraction of sp³-hybridized carbons (Fsp3) is 0.500. The average Bonchev–Trinajstić information content (AvgIpc) is 2.88. The smallest absolute Gasteiger partial charge is 0.310 e. The predicted octanol–water partition coefficient (Wildman–Crippen LogP) is 2.95. The first kappa shape index (κ1) is 32.1. The van der Waals surface area contributed by atoms with Gasteiger partial charge in [0.05, 0.1) is 23.1 Å². The number of methoxy groups -OCH3 is 1. The van der Waals surface area contributed by atoms with Crippen LogP contribution in [-0.4, -0.2) is 77.2 Å². The minimum atomic E-state index is -1.47. The van der Waals surface area contributed by atoms with Gasteiger partial charge in [0.25, 0.3) is 5.91 Å². The summed E-state index contributed by atoms with van der Waals surface area (Å²) in [6.07, 6.45) is -5.02. The van der Waals surface area contributed by atoms with Crippen LogP contribution < -0.4 is 10.1 Å². The summed E-state index contributed by atoms with van der Waals surface area (Å²) < 4.78 is 21.9. The molecule has 1 aliphatic heterocycles. The van der Waals surface area contributed by atoms with Gasteiger partial charge in [0.2, 0.25) is 0 Å². The molecule has 5 atom stereocenters. The molecular formula is C28H35Cl2NO9. The van der Waals surface area contributed by atoms with Gasteiger partial charge in [-0.2, -0.15) is 0 Å². The Morgan fingerprint density at radius 3 is 2.40 bits per heavy atom. The number of carbonyl (C=O) groups excluding carboxylic acids is 2. The van der Waals surface area contributed by atoms with E-state index in [9.17, 15) is 24.9 Å². The Hall–Kier alpha value is -2.44. The van der Waals surface area contributed by atoms with Crippen molar-refractivity contribution in [3.63, 3.8) is 0 Å². The van der Waals surface area contributed by atoms with Gasteiger partial charge in [-0.05, 0) is 50.5 Å². The van der Waals surface area contributed by atoms with Gasteiger partial charge in [0, 0.05) is 12.7 Å². The number of hydrogen-bond acceptors (Lipinski definition) is 9. The summed E-state index contributed by atoms with van der Waals surface area (Å²) in [6.45, 7) is 6.58. The Labute approximate surface area is 243 Å². The Morgan fingerprint density at radius 2 is 1.77 bits per heavy atom. The topological polar surface area (TPSA) is 144 Å². The number of rotatable bonds is 9. The van der Waals surface area contributed by atoms with E-state index in [0.717, 1.165) is 11.1 Å². The molecule has 3 rings (SSSR count). The maximum absolute atomic E-state index is 13.1. The highest BCUT2D eigenvalue weighted by molar-refractivity contribution is 6.38. The van der Waals surface area contributed by atoms with E-state index in [1.54, 1.807) is 33.8 Å². The maximum atomic E-state index is 13.1. The molecule has 2 aromatic rings. The second-order valence-electron chi connectivity index (χ2n) is 10.5. The van der Waals surface area contributed by atoms with Crippen molar-refractivity contribution in [2.45, 2.75) is 77.0 Å². The summed E-state index contributed by atoms with van der Waals surface area (Å²) in [5.41, 5.74) is 1.43. The number of ether oxygens (including phenoxy) is 4. The lowest BCUT2D eigenvalue weighted by molar-refractivity contribution is -0.261. The molecule has 0 spiro atoms. The lowest BCUT2D eigenvalue weighted by Gasteiger charge is -2.41. The van der Waals surface area contributed by atoms with Crippen LogP contribution in [0.4, 0.5) is 0 Å². The number of esters is 1. The minimum absolute atomic E-state index is 0.0785. The zero-order chi connectivity index (χ0) is 29.8. The Bertz CT molecular complexity index is 1210. The van der Waals surface area contributed by atoms with Crippen molar-refractivity contribution in [3.8, 4) is 5.75 Å². The Kier molecular flexibility index (Phi) is 10.8. The summed E-state index contributed by atoms with van der Waals surface area (Å²) in [7, 11) is 1.31. The fourth-order valence-corrected chi connectivity index (χ4v) is 4.82. The number of benzene rings is 2. The lowest BCUT2D eigenvalue weighted by atomic mass is 9.96. The van der Waals surface area contributed by atoms with E-state index in [1.807, 2.05) is 18.2 Å². The first-order chi connectivity index (χ1) is 18.7. The average molecular weight is 600 g/mol. The van der Waals surface area contributed by atoms with Crippen molar-refractivity contribution in [1.82, 2.24) is 5.32 Å². The minimum Gasteiger partial charge on any atom is -0.486 e. The SMILES string of the molecule is CO[C@H]1O[C@H](CO)[C@@H](O)[C@H](O)[C@H]1NC(=O)c1cc(Cl)c(OCc2cccc(CC(=O)OC(C)(C)C)c2)c(Cl)c1C. The van der Waals surface area contributed by atoms with Crippen LogP contribution in [0, 0.1) is 6.92 Å². The number of aliphatic hydroxyl groups is 3. The normalized spacial score (nSPS) is 23.0. The summed E-state index contributed by atoms with van der Waals surface area (Å²) in [5, 5.41) is 32.9. The van der Waals surface area contributed by atoms with E-state index in [1.165, 1.54) is 13.2 Å². The highest BCUT2D eigenvalue weighted by atomic mass is 35.5. The summed E-state index contributed by atoms with van der Waals surface area (Å²) in [5.74, 6) is -0.813. The molecule has 1 heterocycles. The van der Waals surface area contributed by atoms with Crippen molar-refractivity contribution >= 4 is 35.1 Å². The number of hydrogen-bond donors (Lipinski definition) is 4. The molecule has 1 saturated heterocycles. The van der Waals surface area contributed by atoms with Crippen LogP contribution in [-0.2, 0) is 32.0 Å². The number of halogens is 2. The van der Waals surface area contributed by atoms with E-state index in [0.29, 0.717) is 5.56 Å². The van der Waals surface area contributed by atoms with Gasteiger partial charge in [-0.15, -0.1) is 0 Å². The van der Waals surface area contributed by atoms with E-state index in [4.69, 9.17) is 42.1 Å². The third kappa shape index (κ3) is 7.85. The summed E-state index contributed by atoms with van der Waals surface area (Å²) >= 11 is 13.0. The van der Waals surface area contributed by atoms with Crippen LogP contribution in [0.5, 0.6) is 5.75 Å². The third-order valence-corrected chi connectivity index (χ3v) is 6.96. The van der Waals surface area contributed by atoms with Gasteiger partial charge >= 0.3 is 5.97 Å². The van der Waals surface area contributed by atoms with E-state index in [2.05, 4.69) is 5.32 Å². The highest BCUT2D eigenvalue weighted by Crippen LogP contribution is 2.38. The quantitative estimate of drug-likeness (QED) is 0.320. The number of carbonyl (C=O) groups is 2. The van der Waals surface area contributed by atoms with Crippen molar-refractivity contribution in [3.05, 3.63) is 62.6 Å². The molecule has 4 N–H and O–H groups in total. The van der Waals surface area contributed by atoms with Crippen molar-refractivity contribution in [1.29, 1.82) is 0 Å². The molecule has 10 nitrogen and oxygen atoms in total. The lowest BCUT2D eigenvalue weighted by Crippen LogP contribution is -2.64. The van der Waals surface area contributed by atoms with E-state index < -0.39 is 48.8 Å². The molecule has 220 valence electrons. The molecule has 0 radical (unpaired) electrons. The van der Waals surface area contributed by atoms with E-state index in [-0.39, 0.29) is 40.4 Å². The van der Waals surface area contributed by atoms with Gasteiger partial charge < -0.3 is 39.6 Å². The van der Waals surface area contributed by atoms with Gasteiger partial charge in [0.1, 0.15) is 36.6 Å². The predicted molar refractivity (Wildman–Crippen MR) is 148 cm³/mol. The number of nitrogens with one attached hydrogen (secondary N) is 1. The molecule has 1 aliphatic rings. The van der Waals surface area contributed by atoms with Crippen LogP contribution in [0.3, 0.4) is 0 Å². The summed E-state index contributed by atoms with van der Waals surface area (Å²) in [4.78, 5) is 25.3. The molecular weight excluding hydrogens is 565 g/mol. The Morgan fingerprint density at radius 1 is 1.10 bits per heavy atom. The van der Waals surface area contributed by atoms with Gasteiger partial charge in [-0.25, -0.2) is 0 Å². The molecule has 40 heavy (non-hydrogen) atoms. The molecule has 0 aromatic heterocycles. The third-order valence-electron chi connectivity index (χ3n) is 6.22. The van der Waals surface area contributed by atoms with Gasteiger partial charge in [0.15, 0.2) is 12.0 Å². The molecule has 1 fully saturated rings. The molecule has 2 aromatic carbocycles. The van der Waals surface area contributed by atoms with Crippen LogP contribution in [0.1, 0.15) is 47.8 Å². The van der Waals surface area contributed by atoms with Crippen molar-refractivity contribution in [2.75, 3.05) is 13.7 Å². The van der Waals surface area contributed by atoms with Crippen LogP contribution >= 0.6 is 23.2 Å². The molecule has 12 heteroatoms. The van der Waals surface area contributed by atoms with E-state index >= 15 is 0 Å². The van der Waals surface area contributed by atoms with Crippen molar-refractivity contribution < 1.29 is 43.9 Å². The zero-order valence-corrected chi connectivity index (χ0v) is 24.5. The first-order valence-corrected chi connectivity index (χ1v) is 13.4. The molecule has 1 amide bonds. The fourth-order valence-electron chi connectivity index (χ4n) is 4.26. The molecule has 0 aliphatic carbocycles. The van der Waals surface area contributed by atoms with Crippen LogP contribution in [0.2, 0.25) is 10.0 Å². The van der Waals surface area contributed by atoms with Crippen LogP contribution in [0.25, 0.3) is 0 Å².